The first kappa shape index (κ1) is 11.6. The van der Waals surface area contributed by atoms with E-state index >= 15 is 0 Å². The summed E-state index contributed by atoms with van der Waals surface area (Å²) in [6.45, 7) is 3.65. The van der Waals surface area contributed by atoms with Crippen molar-refractivity contribution in [3.63, 3.8) is 0 Å². The van der Waals surface area contributed by atoms with Crippen molar-refractivity contribution >= 4 is 29.2 Å². The number of hydrogen-bond acceptors (Lipinski definition) is 3. The lowest BCUT2D eigenvalue weighted by molar-refractivity contribution is -0.141. The van der Waals surface area contributed by atoms with Gasteiger partial charge in [-0.1, -0.05) is 0 Å². The maximum absolute atomic E-state index is 6.13. The molecule has 0 saturated heterocycles. The summed E-state index contributed by atoms with van der Waals surface area (Å²) in [5, 5.41) is 0. The number of hydrogen-bond donors (Lipinski definition) is 0. The Morgan fingerprint density at radius 2 is 1.73 bits per heavy atom. The van der Waals surface area contributed by atoms with Crippen molar-refractivity contribution in [2.75, 3.05) is 14.2 Å². The van der Waals surface area contributed by atoms with E-state index in [9.17, 15) is 0 Å². The van der Waals surface area contributed by atoms with E-state index in [1.54, 1.807) is 21.1 Å². The molecule has 0 heterocycles. The molecule has 6 heteroatoms. The van der Waals surface area contributed by atoms with Crippen molar-refractivity contribution in [1.82, 2.24) is 0 Å². The minimum atomic E-state index is -2.34. The summed E-state index contributed by atoms with van der Waals surface area (Å²) in [5.74, 6) is 0. The van der Waals surface area contributed by atoms with Crippen LogP contribution in [0.5, 0.6) is 0 Å². The highest BCUT2D eigenvalue weighted by molar-refractivity contribution is 7.18. The summed E-state index contributed by atoms with van der Waals surface area (Å²) >= 11 is 6.13. The third-order valence-electron chi connectivity index (χ3n) is 1.97. The van der Waals surface area contributed by atoms with Crippen LogP contribution < -0.4 is 0 Å². The fourth-order valence-corrected chi connectivity index (χ4v) is 3.31. The standard InChI is InChI=1S/C5H15ClO3Si2/c1-5(7-2,8-3)11(4,6)9-10/h1-4,10H3. The van der Waals surface area contributed by atoms with E-state index < -0.39 is 13.0 Å². The van der Waals surface area contributed by atoms with Gasteiger partial charge in [0.25, 0.3) is 0 Å². The van der Waals surface area contributed by atoms with Crippen molar-refractivity contribution in [1.29, 1.82) is 0 Å². The van der Waals surface area contributed by atoms with Gasteiger partial charge in [-0.15, -0.1) is 11.1 Å². The van der Waals surface area contributed by atoms with Crippen molar-refractivity contribution in [3.05, 3.63) is 0 Å². The van der Waals surface area contributed by atoms with Gasteiger partial charge in [0.05, 0.1) is 0 Å². The minimum absolute atomic E-state index is 0.607. The molecule has 0 amide bonds. The molecule has 0 aliphatic carbocycles. The van der Waals surface area contributed by atoms with Crippen molar-refractivity contribution in [2.24, 2.45) is 0 Å². The molecule has 0 N–H and O–H groups in total. The van der Waals surface area contributed by atoms with E-state index in [4.69, 9.17) is 24.7 Å². The minimum Gasteiger partial charge on any atom is -0.450 e. The first-order valence-corrected chi connectivity index (χ1v) is 7.51. The van der Waals surface area contributed by atoms with Gasteiger partial charge in [0, 0.05) is 14.2 Å². The highest BCUT2D eigenvalue weighted by Gasteiger charge is 2.48. The zero-order valence-corrected chi connectivity index (χ0v) is 11.4. The summed E-state index contributed by atoms with van der Waals surface area (Å²) in [6.07, 6.45) is 0. The van der Waals surface area contributed by atoms with Gasteiger partial charge in [-0.05, 0) is 13.5 Å². The summed E-state index contributed by atoms with van der Waals surface area (Å²) < 4.78 is 15.6. The van der Waals surface area contributed by atoms with Crippen LogP contribution in [0.4, 0.5) is 0 Å². The largest absolute Gasteiger partial charge is 0.450 e. The fraction of sp³-hybridized carbons (Fsp3) is 1.00. The Kier molecular flexibility index (Phi) is 4.24. The molecule has 0 aromatic rings. The zero-order chi connectivity index (χ0) is 9.12. The number of halogens is 1. The second kappa shape index (κ2) is 4.02. The summed E-state index contributed by atoms with van der Waals surface area (Å²) in [4.78, 5) is 0. The fourth-order valence-electron chi connectivity index (χ4n) is 0.633. The maximum Gasteiger partial charge on any atom is 0.338 e. The molecule has 68 valence electrons. The third-order valence-corrected chi connectivity index (χ3v) is 9.49. The molecule has 0 aromatic heterocycles. The molecule has 1 atom stereocenters. The van der Waals surface area contributed by atoms with Crippen LogP contribution >= 0.6 is 11.1 Å². The van der Waals surface area contributed by atoms with Crippen LogP contribution in [0.25, 0.3) is 0 Å². The number of methoxy groups -OCH3 is 2. The van der Waals surface area contributed by atoms with Gasteiger partial charge in [-0.3, -0.25) is 0 Å². The smallest absolute Gasteiger partial charge is 0.338 e. The van der Waals surface area contributed by atoms with Crippen LogP contribution in [-0.2, 0) is 13.6 Å². The highest BCUT2D eigenvalue weighted by atomic mass is 35.6. The topological polar surface area (TPSA) is 27.7 Å². The average Bonchev–Trinajstić information content (AvgIpc) is 2.02. The van der Waals surface area contributed by atoms with E-state index in [1.165, 1.54) is 0 Å². The van der Waals surface area contributed by atoms with Gasteiger partial charge in [-0.25, -0.2) is 0 Å². The summed E-state index contributed by atoms with van der Waals surface area (Å²) in [6, 6.07) is 0. The molecule has 0 fully saturated rings. The number of ether oxygens (including phenoxy) is 2. The quantitative estimate of drug-likeness (QED) is 0.379. The molecule has 11 heavy (non-hydrogen) atoms. The lowest BCUT2D eigenvalue weighted by Gasteiger charge is -2.36. The molecular formula is C5H15ClO3Si2. The van der Waals surface area contributed by atoms with Crippen LogP contribution in [0, 0.1) is 0 Å². The molecule has 0 aliphatic rings. The lowest BCUT2D eigenvalue weighted by Crippen LogP contribution is -2.55. The molecular weight excluding hydrogens is 200 g/mol. The Labute approximate surface area is 76.3 Å². The molecule has 0 spiro atoms. The van der Waals surface area contributed by atoms with Gasteiger partial charge in [0.15, 0.2) is 5.41 Å². The second-order valence-electron chi connectivity index (χ2n) is 2.47. The molecule has 0 aliphatic heterocycles. The van der Waals surface area contributed by atoms with Gasteiger partial charge in [0.2, 0.25) is 0 Å². The van der Waals surface area contributed by atoms with Crippen LogP contribution in [0.2, 0.25) is 6.55 Å². The predicted molar refractivity (Wildman–Crippen MR) is 50.9 cm³/mol. The Balaban J connectivity index is 4.47. The zero-order valence-electron chi connectivity index (χ0n) is 7.60. The van der Waals surface area contributed by atoms with Crippen molar-refractivity contribution in [2.45, 2.75) is 18.9 Å². The maximum atomic E-state index is 6.13. The van der Waals surface area contributed by atoms with Crippen molar-refractivity contribution in [3.8, 4) is 0 Å². The highest BCUT2D eigenvalue weighted by Crippen LogP contribution is 2.28. The van der Waals surface area contributed by atoms with E-state index in [0.717, 1.165) is 0 Å². The predicted octanol–water partition coefficient (Wildman–Crippen LogP) is 0.142. The van der Waals surface area contributed by atoms with Crippen molar-refractivity contribution < 1.29 is 13.6 Å². The molecule has 1 unspecified atom stereocenters. The lowest BCUT2D eigenvalue weighted by atomic mass is 10.7. The Morgan fingerprint density at radius 3 is 1.82 bits per heavy atom. The Morgan fingerprint density at radius 1 is 1.36 bits per heavy atom. The molecule has 0 radical (unpaired) electrons. The molecule has 0 aromatic carbocycles. The molecule has 0 rings (SSSR count). The summed E-state index contributed by atoms with van der Waals surface area (Å²) in [7, 11) is 1.40. The van der Waals surface area contributed by atoms with Gasteiger partial charge < -0.3 is 13.6 Å². The van der Waals surface area contributed by atoms with Crippen LogP contribution in [-0.4, -0.2) is 37.7 Å². The van der Waals surface area contributed by atoms with E-state index in [2.05, 4.69) is 0 Å². The van der Waals surface area contributed by atoms with E-state index in [1.807, 2.05) is 6.55 Å². The monoisotopic (exact) mass is 214 g/mol. The third kappa shape index (κ3) is 2.27. The SMILES string of the molecule is COC(C)(OC)[Si](C)(Cl)O[SiH3]. The Bertz CT molecular complexity index is 127. The molecule has 0 bridgehead atoms. The second-order valence-corrected chi connectivity index (χ2v) is 9.01. The Hall–Kier alpha value is 0.604. The normalized spacial score (nSPS) is 18.3. The van der Waals surface area contributed by atoms with Crippen LogP contribution in [0.3, 0.4) is 0 Å². The average molecular weight is 215 g/mol. The van der Waals surface area contributed by atoms with E-state index in [0.29, 0.717) is 10.5 Å². The first-order chi connectivity index (χ1) is 4.93. The molecule has 3 nitrogen and oxygen atoms in total. The van der Waals surface area contributed by atoms with Crippen LogP contribution in [0.1, 0.15) is 6.92 Å². The van der Waals surface area contributed by atoms with E-state index in [-0.39, 0.29) is 0 Å². The first-order valence-electron chi connectivity index (χ1n) is 3.28. The summed E-state index contributed by atoms with van der Waals surface area (Å²) in [5.41, 5.74) is -0.754. The molecule has 0 saturated carbocycles. The van der Waals surface area contributed by atoms with Gasteiger partial charge >= 0.3 is 7.63 Å². The van der Waals surface area contributed by atoms with Crippen LogP contribution in [0.15, 0.2) is 0 Å². The van der Waals surface area contributed by atoms with Gasteiger partial charge in [-0.2, -0.15) is 0 Å². The number of rotatable bonds is 4. The van der Waals surface area contributed by atoms with Gasteiger partial charge in [0.1, 0.15) is 10.5 Å².